The number of imidazole rings is 1. The van der Waals surface area contributed by atoms with Gasteiger partial charge in [-0.1, -0.05) is 0 Å². The van der Waals surface area contributed by atoms with Crippen molar-refractivity contribution in [2.45, 2.75) is 24.5 Å². The molecular weight excluding hydrogens is 333 g/mol. The SMILES string of the molecule is Nc1nc([SeH])c2ncn(C3O[C@H](CO)[C@H](O)[C@@H]3O)c2n1. The number of nitrogens with two attached hydrogens (primary N) is 1. The van der Waals surface area contributed by atoms with Gasteiger partial charge in [-0.25, -0.2) is 0 Å². The topological polar surface area (TPSA) is 140 Å². The second kappa shape index (κ2) is 4.92. The number of aliphatic hydroxyl groups excluding tert-OH is 3. The zero-order valence-electron chi connectivity index (χ0n) is 10.2. The summed E-state index contributed by atoms with van der Waals surface area (Å²) in [6.45, 7) is -0.394. The van der Waals surface area contributed by atoms with Crippen molar-refractivity contribution >= 4 is 37.7 Å². The Bertz CT molecular complexity index is 650. The molecule has 10 heteroatoms. The minimum atomic E-state index is -1.20. The summed E-state index contributed by atoms with van der Waals surface area (Å²) in [4.78, 5) is 12.2. The van der Waals surface area contributed by atoms with Crippen molar-refractivity contribution in [2.24, 2.45) is 0 Å². The Kier molecular flexibility index (Phi) is 3.36. The van der Waals surface area contributed by atoms with Gasteiger partial charge >= 0.3 is 121 Å². The molecule has 1 fully saturated rings. The van der Waals surface area contributed by atoms with Crippen LogP contribution in [0.2, 0.25) is 0 Å². The molecule has 1 unspecified atom stereocenters. The summed E-state index contributed by atoms with van der Waals surface area (Å²) in [5.74, 6) is 0.0709. The molecule has 20 heavy (non-hydrogen) atoms. The van der Waals surface area contributed by atoms with Crippen LogP contribution in [0.3, 0.4) is 0 Å². The van der Waals surface area contributed by atoms with Crippen molar-refractivity contribution in [2.75, 3.05) is 12.3 Å². The third kappa shape index (κ3) is 1.97. The summed E-state index contributed by atoms with van der Waals surface area (Å²) < 4.78 is 7.45. The normalized spacial score (nSPS) is 30.2. The van der Waals surface area contributed by atoms with Crippen LogP contribution in [-0.4, -0.2) is 75.8 Å². The van der Waals surface area contributed by atoms with Crippen molar-refractivity contribution in [3.05, 3.63) is 6.33 Å². The molecule has 0 aromatic carbocycles. The fourth-order valence-corrected chi connectivity index (χ4v) is 2.76. The molecule has 5 N–H and O–H groups in total. The first-order chi connectivity index (χ1) is 9.52. The molecule has 108 valence electrons. The van der Waals surface area contributed by atoms with E-state index in [-0.39, 0.29) is 5.95 Å². The molecule has 1 saturated heterocycles. The molecule has 3 heterocycles. The summed E-state index contributed by atoms with van der Waals surface area (Å²) in [6, 6.07) is 0. The maximum atomic E-state index is 10.0. The number of hydrogen-bond donors (Lipinski definition) is 4. The molecule has 0 radical (unpaired) electrons. The van der Waals surface area contributed by atoms with Crippen LogP contribution >= 0.6 is 0 Å². The third-order valence-electron chi connectivity index (χ3n) is 3.21. The fourth-order valence-electron chi connectivity index (χ4n) is 2.21. The Morgan fingerprint density at radius 2 is 2.10 bits per heavy atom. The molecule has 3 rings (SSSR count). The number of nitrogen functional groups attached to an aromatic ring is 1. The Labute approximate surface area is 121 Å². The summed E-state index contributed by atoms with van der Waals surface area (Å²) >= 11 is 2.24. The molecule has 1 aliphatic rings. The zero-order valence-corrected chi connectivity index (χ0v) is 12.0. The molecule has 0 amide bonds. The number of aromatic nitrogens is 4. The molecule has 9 nitrogen and oxygen atoms in total. The molecule has 0 bridgehead atoms. The van der Waals surface area contributed by atoms with E-state index in [2.05, 4.69) is 31.0 Å². The number of nitrogens with zero attached hydrogens (tertiary/aromatic N) is 4. The van der Waals surface area contributed by atoms with Crippen molar-refractivity contribution < 1.29 is 20.1 Å². The van der Waals surface area contributed by atoms with E-state index in [1.807, 2.05) is 0 Å². The van der Waals surface area contributed by atoms with Gasteiger partial charge in [-0.3, -0.25) is 0 Å². The minimum absolute atomic E-state index is 0.0709. The van der Waals surface area contributed by atoms with Gasteiger partial charge in [-0.15, -0.1) is 0 Å². The van der Waals surface area contributed by atoms with E-state index in [1.165, 1.54) is 10.9 Å². The Morgan fingerprint density at radius 1 is 1.35 bits per heavy atom. The monoisotopic (exact) mass is 347 g/mol. The van der Waals surface area contributed by atoms with Crippen LogP contribution in [0.5, 0.6) is 0 Å². The van der Waals surface area contributed by atoms with E-state index >= 15 is 0 Å². The summed E-state index contributed by atoms with van der Waals surface area (Å²) in [5.41, 5.74) is 6.50. The van der Waals surface area contributed by atoms with Crippen molar-refractivity contribution in [1.82, 2.24) is 19.5 Å². The van der Waals surface area contributed by atoms with Crippen LogP contribution in [-0.2, 0) is 4.74 Å². The van der Waals surface area contributed by atoms with Crippen molar-refractivity contribution in [3.8, 4) is 0 Å². The first-order valence-corrected chi connectivity index (χ1v) is 6.78. The summed E-state index contributed by atoms with van der Waals surface area (Å²) in [6.07, 6.45) is -2.71. The Hall–Kier alpha value is -1.29. The maximum absolute atomic E-state index is 10.0. The van der Waals surface area contributed by atoms with E-state index in [4.69, 9.17) is 15.6 Å². The van der Waals surface area contributed by atoms with Gasteiger partial charge in [0.2, 0.25) is 0 Å². The molecule has 2 aromatic rings. The van der Waals surface area contributed by atoms with Gasteiger partial charge in [0.05, 0.1) is 0 Å². The van der Waals surface area contributed by atoms with Gasteiger partial charge in [0.1, 0.15) is 0 Å². The van der Waals surface area contributed by atoms with Crippen LogP contribution in [0.25, 0.3) is 11.2 Å². The predicted molar refractivity (Wildman–Crippen MR) is 69.5 cm³/mol. The predicted octanol–water partition coefficient (Wildman–Crippen LogP) is -3.45. The number of ether oxygens (including phenoxy) is 1. The number of anilines is 1. The number of fused-ring (bicyclic) bond motifs is 1. The number of hydrogen-bond acceptors (Lipinski definition) is 8. The first-order valence-electron chi connectivity index (χ1n) is 5.84. The molecular formula is C10H13N5O4Se. The van der Waals surface area contributed by atoms with E-state index in [0.717, 1.165) is 0 Å². The van der Waals surface area contributed by atoms with E-state index in [1.54, 1.807) is 0 Å². The Morgan fingerprint density at radius 3 is 2.75 bits per heavy atom. The van der Waals surface area contributed by atoms with Crippen molar-refractivity contribution in [3.63, 3.8) is 0 Å². The van der Waals surface area contributed by atoms with Gasteiger partial charge in [0.15, 0.2) is 0 Å². The van der Waals surface area contributed by atoms with Crippen LogP contribution < -0.4 is 10.3 Å². The van der Waals surface area contributed by atoms with Crippen LogP contribution in [0.15, 0.2) is 6.33 Å². The molecule has 2 aromatic heterocycles. The van der Waals surface area contributed by atoms with Gasteiger partial charge in [-0.2, -0.15) is 0 Å². The summed E-state index contributed by atoms with van der Waals surface area (Å²) in [7, 11) is 0. The average molecular weight is 346 g/mol. The van der Waals surface area contributed by atoms with E-state index in [9.17, 15) is 10.2 Å². The summed E-state index contributed by atoms with van der Waals surface area (Å²) in [5, 5.41) is 28.9. The quantitative estimate of drug-likeness (QED) is 0.412. The molecule has 4 atom stereocenters. The van der Waals surface area contributed by atoms with E-state index < -0.39 is 31.1 Å². The van der Waals surface area contributed by atoms with Crippen molar-refractivity contribution in [1.29, 1.82) is 0 Å². The molecule has 0 spiro atoms. The number of aliphatic hydroxyl groups is 3. The van der Waals surface area contributed by atoms with E-state index in [0.29, 0.717) is 15.8 Å². The van der Waals surface area contributed by atoms with Crippen LogP contribution in [0, 0.1) is 0 Å². The van der Waals surface area contributed by atoms with Gasteiger partial charge < -0.3 is 0 Å². The first kappa shape index (κ1) is 13.7. The molecule has 0 aliphatic carbocycles. The third-order valence-corrected chi connectivity index (χ3v) is 3.87. The van der Waals surface area contributed by atoms with Crippen LogP contribution in [0.1, 0.15) is 6.23 Å². The zero-order chi connectivity index (χ0) is 14.4. The Balaban J connectivity index is 2.07. The second-order valence-corrected chi connectivity index (χ2v) is 5.35. The van der Waals surface area contributed by atoms with Gasteiger partial charge in [-0.05, 0) is 0 Å². The van der Waals surface area contributed by atoms with Gasteiger partial charge in [0.25, 0.3) is 0 Å². The standard InChI is InChI=1S/C10H13N5O4Se/c11-10-13-7-4(8(20)14-10)12-2-15(7)9-6(18)5(17)3(1-16)19-9/h2-3,5-6,9,16-18H,1H2,(H3,11,13,14,20)/t3-,5+,6+,9?/m1/s1. The van der Waals surface area contributed by atoms with Gasteiger partial charge in [0, 0.05) is 0 Å². The molecule has 0 saturated carbocycles. The molecule has 1 aliphatic heterocycles. The van der Waals surface area contributed by atoms with Crippen LogP contribution in [0.4, 0.5) is 5.95 Å². The second-order valence-electron chi connectivity index (χ2n) is 4.46. The average Bonchev–Trinajstić information content (AvgIpc) is 2.93. The fraction of sp³-hybridized carbons (Fsp3) is 0.500. The number of rotatable bonds is 2.